The van der Waals surface area contributed by atoms with Gasteiger partial charge in [-0.1, -0.05) is 23.2 Å². The average Bonchev–Trinajstić information content (AvgIpc) is 2.29. The van der Waals surface area contributed by atoms with E-state index in [1.54, 1.807) is 18.2 Å². The first-order valence-electron chi connectivity index (χ1n) is 6.17. The van der Waals surface area contributed by atoms with Crippen LogP contribution in [0.5, 0.6) is 5.75 Å². The molecule has 0 N–H and O–H groups in total. The molecule has 19 heavy (non-hydrogen) atoms. The number of rotatable bonds is 7. The van der Waals surface area contributed by atoms with Crippen LogP contribution in [0, 0.1) is 0 Å². The molecule has 0 bridgehead atoms. The second-order valence-corrected chi connectivity index (χ2v) is 6.11. The molecule has 5 heteroatoms. The molecular weight excluding hydrogens is 285 g/mol. The van der Waals surface area contributed by atoms with Gasteiger partial charge in [0, 0.05) is 12.6 Å². The fraction of sp³-hybridized carbons (Fsp3) is 0.571. The predicted octanol–water partition coefficient (Wildman–Crippen LogP) is 3.73. The standard InChI is InChI=1S/C14H21Cl2NO2/c1-14(2,10-18-8-7-17(3)4)19-11-5-6-12(15)13(16)9-11/h5-6,9H,7-8,10H2,1-4H3. The lowest BCUT2D eigenvalue weighted by Gasteiger charge is -2.26. The highest BCUT2D eigenvalue weighted by Gasteiger charge is 2.20. The fourth-order valence-corrected chi connectivity index (χ4v) is 1.74. The monoisotopic (exact) mass is 305 g/mol. The molecule has 0 amide bonds. The molecule has 0 atom stereocenters. The van der Waals surface area contributed by atoms with Crippen LogP contribution in [-0.4, -0.2) is 44.4 Å². The molecule has 0 saturated carbocycles. The van der Waals surface area contributed by atoms with Crippen LogP contribution >= 0.6 is 23.2 Å². The molecular formula is C14H21Cl2NO2. The average molecular weight is 306 g/mol. The highest BCUT2D eigenvalue weighted by molar-refractivity contribution is 6.42. The number of likely N-dealkylation sites (N-methyl/N-ethyl adjacent to an activating group) is 1. The first-order chi connectivity index (χ1) is 8.80. The minimum Gasteiger partial charge on any atom is -0.485 e. The number of halogens is 2. The van der Waals surface area contributed by atoms with Crippen molar-refractivity contribution in [3.05, 3.63) is 28.2 Å². The molecule has 0 radical (unpaired) electrons. The van der Waals surface area contributed by atoms with Crippen molar-refractivity contribution in [2.24, 2.45) is 0 Å². The highest BCUT2D eigenvalue weighted by Crippen LogP contribution is 2.28. The SMILES string of the molecule is CN(C)CCOCC(C)(C)Oc1ccc(Cl)c(Cl)c1. The van der Waals surface area contributed by atoms with Crippen molar-refractivity contribution in [1.29, 1.82) is 0 Å². The number of nitrogens with zero attached hydrogens (tertiary/aromatic N) is 1. The Bertz CT molecular complexity index is 408. The summed E-state index contributed by atoms with van der Waals surface area (Å²) < 4.78 is 11.5. The molecule has 1 rings (SSSR count). The van der Waals surface area contributed by atoms with Gasteiger partial charge in [-0.25, -0.2) is 0 Å². The Morgan fingerprint density at radius 3 is 2.42 bits per heavy atom. The van der Waals surface area contributed by atoms with Gasteiger partial charge in [0.25, 0.3) is 0 Å². The van der Waals surface area contributed by atoms with Crippen molar-refractivity contribution < 1.29 is 9.47 Å². The van der Waals surface area contributed by atoms with E-state index < -0.39 is 5.60 Å². The van der Waals surface area contributed by atoms with Gasteiger partial charge in [0.1, 0.15) is 11.4 Å². The Morgan fingerprint density at radius 1 is 1.16 bits per heavy atom. The molecule has 0 heterocycles. The lowest BCUT2D eigenvalue weighted by Crippen LogP contribution is -2.35. The number of hydrogen-bond donors (Lipinski definition) is 0. The van der Waals surface area contributed by atoms with Gasteiger partial charge in [0.05, 0.1) is 23.3 Å². The van der Waals surface area contributed by atoms with E-state index in [4.69, 9.17) is 32.7 Å². The van der Waals surface area contributed by atoms with Crippen molar-refractivity contribution in [3.8, 4) is 5.75 Å². The normalized spacial score (nSPS) is 11.9. The summed E-state index contributed by atoms with van der Waals surface area (Å²) in [5.74, 6) is 0.690. The van der Waals surface area contributed by atoms with E-state index in [1.165, 1.54) is 0 Å². The number of benzene rings is 1. The van der Waals surface area contributed by atoms with Gasteiger partial charge in [0.2, 0.25) is 0 Å². The van der Waals surface area contributed by atoms with Crippen LogP contribution < -0.4 is 4.74 Å². The molecule has 0 aliphatic carbocycles. The van der Waals surface area contributed by atoms with Gasteiger partial charge in [0.15, 0.2) is 0 Å². The third-order valence-electron chi connectivity index (χ3n) is 2.42. The van der Waals surface area contributed by atoms with Crippen molar-refractivity contribution in [2.45, 2.75) is 19.4 Å². The van der Waals surface area contributed by atoms with Crippen LogP contribution in [0.4, 0.5) is 0 Å². The smallest absolute Gasteiger partial charge is 0.127 e. The Morgan fingerprint density at radius 2 is 1.84 bits per heavy atom. The van der Waals surface area contributed by atoms with E-state index in [0.29, 0.717) is 29.0 Å². The summed E-state index contributed by atoms with van der Waals surface area (Å²) in [6.45, 7) is 6.04. The van der Waals surface area contributed by atoms with E-state index >= 15 is 0 Å². The quantitative estimate of drug-likeness (QED) is 0.717. The molecule has 0 unspecified atom stereocenters. The van der Waals surface area contributed by atoms with Crippen LogP contribution in [0.3, 0.4) is 0 Å². The maximum atomic E-state index is 5.96. The lowest BCUT2D eigenvalue weighted by molar-refractivity contribution is -0.00665. The third-order valence-corrected chi connectivity index (χ3v) is 3.16. The molecule has 0 saturated heterocycles. The Hall–Kier alpha value is -0.480. The molecule has 1 aromatic carbocycles. The van der Waals surface area contributed by atoms with Crippen molar-refractivity contribution in [2.75, 3.05) is 33.9 Å². The number of ether oxygens (including phenoxy) is 2. The zero-order valence-corrected chi connectivity index (χ0v) is 13.4. The Labute approximate surface area is 125 Å². The molecule has 0 aliphatic rings. The van der Waals surface area contributed by atoms with Gasteiger partial charge < -0.3 is 14.4 Å². The summed E-state index contributed by atoms with van der Waals surface area (Å²) in [5, 5.41) is 1.01. The summed E-state index contributed by atoms with van der Waals surface area (Å²) in [5.41, 5.74) is -0.413. The summed E-state index contributed by atoms with van der Waals surface area (Å²) >= 11 is 11.8. The Kier molecular flexibility index (Phi) is 6.40. The van der Waals surface area contributed by atoms with Crippen LogP contribution in [0.15, 0.2) is 18.2 Å². The number of hydrogen-bond acceptors (Lipinski definition) is 3. The minimum absolute atomic E-state index is 0.413. The van der Waals surface area contributed by atoms with E-state index in [2.05, 4.69) is 4.90 Å². The van der Waals surface area contributed by atoms with Gasteiger partial charge >= 0.3 is 0 Å². The molecule has 108 valence electrons. The first-order valence-corrected chi connectivity index (χ1v) is 6.92. The summed E-state index contributed by atoms with van der Waals surface area (Å²) in [7, 11) is 4.03. The van der Waals surface area contributed by atoms with Crippen LogP contribution in [0.25, 0.3) is 0 Å². The predicted molar refractivity (Wildman–Crippen MR) is 80.5 cm³/mol. The molecule has 0 aromatic heterocycles. The molecule has 0 spiro atoms. The fourth-order valence-electron chi connectivity index (χ4n) is 1.45. The third kappa shape index (κ3) is 6.48. The van der Waals surface area contributed by atoms with Crippen molar-refractivity contribution in [3.63, 3.8) is 0 Å². The maximum absolute atomic E-state index is 5.96. The lowest BCUT2D eigenvalue weighted by atomic mass is 10.1. The van der Waals surface area contributed by atoms with Crippen LogP contribution in [-0.2, 0) is 4.74 Å². The zero-order chi connectivity index (χ0) is 14.5. The largest absolute Gasteiger partial charge is 0.485 e. The second kappa shape index (κ2) is 7.34. The molecule has 0 fully saturated rings. The van der Waals surface area contributed by atoms with Gasteiger partial charge in [-0.2, -0.15) is 0 Å². The zero-order valence-electron chi connectivity index (χ0n) is 11.9. The van der Waals surface area contributed by atoms with Gasteiger partial charge in [-0.15, -0.1) is 0 Å². The topological polar surface area (TPSA) is 21.7 Å². The molecule has 3 nitrogen and oxygen atoms in total. The van der Waals surface area contributed by atoms with E-state index in [9.17, 15) is 0 Å². The van der Waals surface area contributed by atoms with Gasteiger partial charge in [-0.05, 0) is 40.1 Å². The minimum atomic E-state index is -0.413. The van der Waals surface area contributed by atoms with Crippen LogP contribution in [0.2, 0.25) is 10.0 Å². The highest BCUT2D eigenvalue weighted by atomic mass is 35.5. The van der Waals surface area contributed by atoms with Crippen molar-refractivity contribution >= 4 is 23.2 Å². The van der Waals surface area contributed by atoms with E-state index in [1.807, 2.05) is 27.9 Å². The Balaban J connectivity index is 2.46. The van der Waals surface area contributed by atoms with Crippen molar-refractivity contribution in [1.82, 2.24) is 4.90 Å². The summed E-state index contributed by atoms with van der Waals surface area (Å²) in [6, 6.07) is 5.24. The van der Waals surface area contributed by atoms with E-state index in [-0.39, 0.29) is 0 Å². The van der Waals surface area contributed by atoms with Gasteiger partial charge in [-0.3, -0.25) is 0 Å². The van der Waals surface area contributed by atoms with Crippen LogP contribution in [0.1, 0.15) is 13.8 Å². The molecule has 0 aliphatic heterocycles. The summed E-state index contributed by atoms with van der Waals surface area (Å²) in [6.07, 6.45) is 0. The maximum Gasteiger partial charge on any atom is 0.127 e. The first kappa shape index (κ1) is 16.6. The van der Waals surface area contributed by atoms with E-state index in [0.717, 1.165) is 6.54 Å². The molecule has 1 aromatic rings. The summed E-state index contributed by atoms with van der Waals surface area (Å²) in [4.78, 5) is 2.08. The second-order valence-electron chi connectivity index (χ2n) is 5.29.